The molecule has 4 aliphatic rings. The summed E-state index contributed by atoms with van der Waals surface area (Å²) in [4.78, 5) is 10.3. The Hall–Kier alpha value is -1.61. The first kappa shape index (κ1) is 13.8. The van der Waals surface area contributed by atoms with E-state index in [9.17, 15) is 0 Å². The fraction of sp³-hybridized carbons (Fsp3) is 0.550. The normalized spacial score (nSPS) is 28.3. The molecule has 6 rings (SSSR count). The van der Waals surface area contributed by atoms with Crippen LogP contribution in [-0.2, 0) is 0 Å². The molecule has 0 radical (unpaired) electrons. The number of aromatic nitrogens is 1. The Balaban J connectivity index is 1.41. The lowest BCUT2D eigenvalue weighted by molar-refractivity contribution is 0.128. The van der Waals surface area contributed by atoms with Gasteiger partial charge in [-0.05, 0) is 55.7 Å². The molecule has 2 aromatic rings. The van der Waals surface area contributed by atoms with Crippen LogP contribution in [0.5, 0.6) is 0 Å². The van der Waals surface area contributed by atoms with Gasteiger partial charge in [-0.2, -0.15) is 0 Å². The first-order valence-electron chi connectivity index (χ1n) is 9.20. The predicted molar refractivity (Wildman–Crippen MR) is 94.8 cm³/mol. The van der Waals surface area contributed by atoms with E-state index < -0.39 is 0 Å². The van der Waals surface area contributed by atoms with E-state index in [4.69, 9.17) is 4.98 Å². The van der Waals surface area contributed by atoms with Gasteiger partial charge >= 0.3 is 0 Å². The van der Waals surface area contributed by atoms with Crippen molar-refractivity contribution in [1.29, 1.82) is 0 Å². The maximum atomic E-state index is 4.94. The van der Waals surface area contributed by atoms with Crippen LogP contribution in [-0.4, -0.2) is 42.1 Å². The van der Waals surface area contributed by atoms with E-state index in [2.05, 4.69) is 46.2 Å². The summed E-state index contributed by atoms with van der Waals surface area (Å²) in [5, 5.41) is 1.24. The zero-order chi connectivity index (χ0) is 15.2. The fourth-order valence-corrected chi connectivity index (χ4v) is 4.45. The number of rotatable bonds is 3. The van der Waals surface area contributed by atoms with E-state index in [1.807, 2.05) is 0 Å². The summed E-state index contributed by atoms with van der Waals surface area (Å²) in [6.45, 7) is 5.00. The van der Waals surface area contributed by atoms with Crippen molar-refractivity contribution >= 4 is 16.7 Å². The molecule has 3 heteroatoms. The molecule has 0 N–H and O–H groups in total. The van der Waals surface area contributed by atoms with Crippen molar-refractivity contribution in [3.63, 3.8) is 0 Å². The molecule has 0 unspecified atom stereocenters. The Morgan fingerprint density at radius 3 is 2.74 bits per heavy atom. The highest BCUT2D eigenvalue weighted by Gasteiger charge is 2.37. The molecule has 1 aliphatic carbocycles. The van der Waals surface area contributed by atoms with Crippen molar-refractivity contribution in [3.8, 4) is 0 Å². The second-order valence-electron chi connectivity index (χ2n) is 7.76. The van der Waals surface area contributed by atoms with E-state index in [1.165, 1.54) is 56.5 Å². The second kappa shape index (κ2) is 5.48. The van der Waals surface area contributed by atoms with Crippen LogP contribution in [0.4, 0.5) is 5.82 Å². The third-order valence-corrected chi connectivity index (χ3v) is 5.92. The van der Waals surface area contributed by atoms with E-state index in [1.54, 1.807) is 0 Å². The van der Waals surface area contributed by atoms with Crippen molar-refractivity contribution < 1.29 is 0 Å². The Kier molecular flexibility index (Phi) is 3.29. The summed E-state index contributed by atoms with van der Waals surface area (Å²) in [5.74, 6) is 3.00. The molecule has 3 saturated heterocycles. The number of nitrogens with zero attached hydrogens (tertiary/aromatic N) is 3. The summed E-state index contributed by atoms with van der Waals surface area (Å²) < 4.78 is 0. The molecule has 4 fully saturated rings. The molecular formula is C20H25N3. The minimum atomic E-state index is 0.739. The van der Waals surface area contributed by atoms with Crippen LogP contribution >= 0.6 is 0 Å². The summed E-state index contributed by atoms with van der Waals surface area (Å²) >= 11 is 0. The van der Waals surface area contributed by atoms with Crippen LogP contribution in [0.2, 0.25) is 0 Å². The zero-order valence-corrected chi connectivity index (χ0v) is 13.7. The van der Waals surface area contributed by atoms with Crippen molar-refractivity contribution in [2.75, 3.05) is 31.1 Å². The van der Waals surface area contributed by atoms with Gasteiger partial charge in [0.1, 0.15) is 5.82 Å². The minimum absolute atomic E-state index is 0.739. The Bertz CT molecular complexity index is 709. The molecule has 1 aromatic heterocycles. The molecule has 120 valence electrons. The Morgan fingerprint density at radius 2 is 1.83 bits per heavy atom. The largest absolute Gasteiger partial charge is 0.355 e. The quantitative estimate of drug-likeness (QED) is 0.864. The van der Waals surface area contributed by atoms with Crippen LogP contribution in [0.25, 0.3) is 10.9 Å². The SMILES string of the molecule is c1ccc2nc(N3C[C@@H]4CC[C@H](C3)N(CC3CC3)C4)ccc2c1. The van der Waals surface area contributed by atoms with Gasteiger partial charge in [0, 0.05) is 37.6 Å². The highest BCUT2D eigenvalue weighted by atomic mass is 15.3. The molecule has 0 amide bonds. The fourth-order valence-electron chi connectivity index (χ4n) is 4.45. The lowest BCUT2D eigenvalue weighted by Gasteiger charge is -2.36. The molecule has 4 heterocycles. The van der Waals surface area contributed by atoms with Gasteiger partial charge in [0.05, 0.1) is 5.52 Å². The lowest BCUT2D eigenvalue weighted by atomic mass is 9.95. The maximum absolute atomic E-state index is 4.94. The second-order valence-corrected chi connectivity index (χ2v) is 7.76. The van der Waals surface area contributed by atoms with Crippen molar-refractivity contribution in [2.45, 2.75) is 31.7 Å². The monoisotopic (exact) mass is 307 g/mol. The molecular weight excluding hydrogens is 282 g/mol. The van der Waals surface area contributed by atoms with Crippen LogP contribution in [0.15, 0.2) is 36.4 Å². The summed E-state index contributed by atoms with van der Waals surface area (Å²) in [6, 6.07) is 13.6. The molecule has 23 heavy (non-hydrogen) atoms. The first-order valence-corrected chi connectivity index (χ1v) is 9.20. The molecule has 1 saturated carbocycles. The van der Waals surface area contributed by atoms with Gasteiger partial charge in [0.25, 0.3) is 0 Å². The van der Waals surface area contributed by atoms with E-state index in [-0.39, 0.29) is 0 Å². The average molecular weight is 307 g/mol. The lowest BCUT2D eigenvalue weighted by Crippen LogP contribution is -2.44. The maximum Gasteiger partial charge on any atom is 0.129 e. The van der Waals surface area contributed by atoms with E-state index in [0.717, 1.165) is 29.9 Å². The van der Waals surface area contributed by atoms with Crippen molar-refractivity contribution in [3.05, 3.63) is 36.4 Å². The van der Waals surface area contributed by atoms with Crippen LogP contribution < -0.4 is 4.90 Å². The summed E-state index contributed by atoms with van der Waals surface area (Å²) in [6.07, 6.45) is 5.70. The van der Waals surface area contributed by atoms with E-state index in [0.29, 0.717) is 0 Å². The highest BCUT2D eigenvalue weighted by Crippen LogP contribution is 2.35. The minimum Gasteiger partial charge on any atom is -0.355 e. The van der Waals surface area contributed by atoms with Gasteiger partial charge in [-0.25, -0.2) is 4.98 Å². The summed E-state index contributed by atoms with van der Waals surface area (Å²) in [7, 11) is 0. The molecule has 2 bridgehead atoms. The molecule has 0 spiro atoms. The average Bonchev–Trinajstić information content (AvgIpc) is 3.42. The number of piperidine rings is 1. The van der Waals surface area contributed by atoms with Crippen molar-refractivity contribution in [2.24, 2.45) is 11.8 Å². The molecule has 3 nitrogen and oxygen atoms in total. The smallest absolute Gasteiger partial charge is 0.129 e. The van der Waals surface area contributed by atoms with Crippen LogP contribution in [0.3, 0.4) is 0 Å². The number of hydrogen-bond donors (Lipinski definition) is 0. The van der Waals surface area contributed by atoms with Gasteiger partial charge < -0.3 is 4.90 Å². The molecule has 1 aromatic carbocycles. The summed E-state index contributed by atoms with van der Waals surface area (Å²) in [5.41, 5.74) is 1.12. The zero-order valence-electron chi connectivity index (χ0n) is 13.7. The predicted octanol–water partition coefficient (Wildman–Crippen LogP) is 3.55. The Morgan fingerprint density at radius 1 is 0.913 bits per heavy atom. The van der Waals surface area contributed by atoms with Gasteiger partial charge in [0.2, 0.25) is 0 Å². The number of hydrogen-bond acceptors (Lipinski definition) is 3. The molecule has 2 atom stereocenters. The number of para-hydroxylation sites is 1. The Labute approximate surface area is 138 Å². The third-order valence-electron chi connectivity index (χ3n) is 5.92. The highest BCUT2D eigenvalue weighted by molar-refractivity contribution is 5.80. The number of anilines is 1. The van der Waals surface area contributed by atoms with Crippen LogP contribution in [0, 0.1) is 11.8 Å². The third kappa shape index (κ3) is 2.72. The van der Waals surface area contributed by atoms with Gasteiger partial charge in [-0.15, -0.1) is 0 Å². The van der Waals surface area contributed by atoms with Gasteiger partial charge in [-0.3, -0.25) is 4.90 Å². The van der Waals surface area contributed by atoms with Gasteiger partial charge in [0.15, 0.2) is 0 Å². The van der Waals surface area contributed by atoms with Crippen molar-refractivity contribution in [1.82, 2.24) is 9.88 Å². The number of fused-ring (bicyclic) bond motifs is 5. The van der Waals surface area contributed by atoms with Gasteiger partial charge in [-0.1, -0.05) is 18.2 Å². The van der Waals surface area contributed by atoms with E-state index >= 15 is 0 Å². The first-order chi connectivity index (χ1) is 11.3. The number of benzene rings is 1. The molecule has 3 aliphatic heterocycles. The van der Waals surface area contributed by atoms with Crippen LogP contribution in [0.1, 0.15) is 25.7 Å². The topological polar surface area (TPSA) is 19.4 Å². The standard InChI is InChI=1S/C20H25N3/c1-2-4-19-17(3-1)8-10-20(21-19)23-13-16-7-9-18(14-23)22(12-16)11-15-5-6-15/h1-4,8,10,15-16,18H,5-7,9,11-14H2/t16-,18-/m1/s1. The number of pyridine rings is 1.